The molecule has 0 bridgehead atoms. The standard InChI is InChI=1S/C22H24F3NO3/c1-21(2,3)16-11-9-14(10-12-16)19(27)26-18(20(28)29-4)13-15-7-5-6-8-17(15)22(23,24)25/h5-12,18H,13H2,1-4H3,(H,26,27)/t18-/m0/s1. The van der Waals surface area contributed by atoms with E-state index in [4.69, 9.17) is 0 Å². The summed E-state index contributed by atoms with van der Waals surface area (Å²) in [6, 6.07) is 10.5. The molecular weight excluding hydrogens is 383 g/mol. The molecule has 1 atom stereocenters. The van der Waals surface area contributed by atoms with Gasteiger partial charge in [0.25, 0.3) is 5.91 Å². The average Bonchev–Trinajstić information content (AvgIpc) is 2.65. The number of nitrogens with one attached hydrogen (secondary N) is 1. The van der Waals surface area contributed by atoms with Gasteiger partial charge in [-0.15, -0.1) is 0 Å². The van der Waals surface area contributed by atoms with Crippen LogP contribution >= 0.6 is 0 Å². The number of carbonyl (C=O) groups excluding carboxylic acids is 2. The van der Waals surface area contributed by atoms with Gasteiger partial charge < -0.3 is 10.1 Å². The zero-order valence-corrected chi connectivity index (χ0v) is 16.8. The highest BCUT2D eigenvalue weighted by atomic mass is 19.4. The van der Waals surface area contributed by atoms with E-state index in [0.717, 1.165) is 18.7 Å². The third-order valence-electron chi connectivity index (χ3n) is 4.55. The van der Waals surface area contributed by atoms with Crippen molar-refractivity contribution in [3.05, 3.63) is 70.8 Å². The Kier molecular flexibility index (Phi) is 6.72. The van der Waals surface area contributed by atoms with Crippen molar-refractivity contribution in [3.63, 3.8) is 0 Å². The Morgan fingerprint density at radius 1 is 1.00 bits per heavy atom. The Morgan fingerprint density at radius 2 is 1.59 bits per heavy atom. The minimum Gasteiger partial charge on any atom is -0.467 e. The maximum Gasteiger partial charge on any atom is 0.416 e. The number of ether oxygens (including phenoxy) is 1. The number of alkyl halides is 3. The molecule has 2 aromatic carbocycles. The second-order valence-electron chi connectivity index (χ2n) is 7.74. The summed E-state index contributed by atoms with van der Waals surface area (Å²) in [7, 11) is 1.12. The SMILES string of the molecule is COC(=O)[C@H](Cc1ccccc1C(F)(F)F)NC(=O)c1ccc(C(C)(C)C)cc1. The monoisotopic (exact) mass is 407 g/mol. The molecule has 0 aliphatic heterocycles. The molecule has 0 spiro atoms. The molecule has 0 aliphatic rings. The van der Waals surface area contributed by atoms with Gasteiger partial charge in [0.1, 0.15) is 6.04 Å². The van der Waals surface area contributed by atoms with Gasteiger partial charge in [0, 0.05) is 12.0 Å². The lowest BCUT2D eigenvalue weighted by Gasteiger charge is -2.21. The van der Waals surface area contributed by atoms with Crippen LogP contribution in [-0.4, -0.2) is 25.0 Å². The fraction of sp³-hybridized carbons (Fsp3) is 0.364. The van der Waals surface area contributed by atoms with E-state index in [1.54, 1.807) is 24.3 Å². The van der Waals surface area contributed by atoms with Gasteiger partial charge in [-0.3, -0.25) is 4.79 Å². The molecule has 156 valence electrons. The van der Waals surface area contributed by atoms with Crippen molar-refractivity contribution in [1.29, 1.82) is 0 Å². The second-order valence-corrected chi connectivity index (χ2v) is 7.74. The highest BCUT2D eigenvalue weighted by Crippen LogP contribution is 2.32. The smallest absolute Gasteiger partial charge is 0.416 e. The Labute approximate surface area is 168 Å². The summed E-state index contributed by atoms with van der Waals surface area (Å²) in [4.78, 5) is 24.7. The number of rotatable bonds is 5. The molecule has 0 heterocycles. The maximum absolute atomic E-state index is 13.2. The van der Waals surface area contributed by atoms with Crippen molar-refractivity contribution in [2.75, 3.05) is 7.11 Å². The van der Waals surface area contributed by atoms with E-state index >= 15 is 0 Å². The molecule has 0 aliphatic carbocycles. The predicted octanol–water partition coefficient (Wildman–Crippen LogP) is 4.52. The number of benzene rings is 2. The van der Waals surface area contributed by atoms with Crippen molar-refractivity contribution in [1.82, 2.24) is 5.32 Å². The maximum atomic E-state index is 13.2. The summed E-state index contributed by atoms with van der Waals surface area (Å²) in [5.74, 6) is -1.38. The largest absolute Gasteiger partial charge is 0.467 e. The van der Waals surface area contributed by atoms with Gasteiger partial charge >= 0.3 is 12.1 Å². The van der Waals surface area contributed by atoms with E-state index in [-0.39, 0.29) is 17.4 Å². The molecule has 0 saturated heterocycles. The Morgan fingerprint density at radius 3 is 2.10 bits per heavy atom. The second kappa shape index (κ2) is 8.68. The molecule has 2 rings (SSSR count). The van der Waals surface area contributed by atoms with Crippen LogP contribution in [0.5, 0.6) is 0 Å². The number of hydrogen-bond donors (Lipinski definition) is 1. The molecule has 0 aromatic heterocycles. The summed E-state index contributed by atoms with van der Waals surface area (Å²) in [5, 5.41) is 2.49. The van der Waals surface area contributed by atoms with Crippen molar-refractivity contribution in [2.24, 2.45) is 0 Å². The predicted molar refractivity (Wildman–Crippen MR) is 104 cm³/mol. The summed E-state index contributed by atoms with van der Waals surface area (Å²) in [6.45, 7) is 6.11. The van der Waals surface area contributed by atoms with E-state index in [2.05, 4.69) is 10.1 Å². The van der Waals surface area contributed by atoms with E-state index < -0.39 is 29.7 Å². The first-order valence-corrected chi connectivity index (χ1v) is 9.08. The lowest BCUT2D eigenvalue weighted by atomic mass is 9.86. The highest BCUT2D eigenvalue weighted by molar-refractivity contribution is 5.96. The van der Waals surface area contributed by atoms with Crippen LogP contribution in [0.4, 0.5) is 13.2 Å². The van der Waals surface area contributed by atoms with Gasteiger partial charge in [-0.2, -0.15) is 13.2 Å². The van der Waals surface area contributed by atoms with Crippen LogP contribution < -0.4 is 5.32 Å². The molecule has 1 N–H and O–H groups in total. The van der Waals surface area contributed by atoms with Crippen LogP contribution in [0.2, 0.25) is 0 Å². The number of carbonyl (C=O) groups is 2. The van der Waals surface area contributed by atoms with E-state index in [1.165, 1.54) is 18.2 Å². The molecule has 4 nitrogen and oxygen atoms in total. The van der Waals surface area contributed by atoms with Crippen molar-refractivity contribution in [2.45, 2.75) is 44.8 Å². The lowest BCUT2D eigenvalue weighted by molar-refractivity contribution is -0.144. The van der Waals surface area contributed by atoms with E-state index in [0.29, 0.717) is 5.56 Å². The quantitative estimate of drug-likeness (QED) is 0.742. The average molecular weight is 407 g/mol. The number of hydrogen-bond acceptors (Lipinski definition) is 3. The molecule has 0 saturated carbocycles. The third-order valence-corrected chi connectivity index (χ3v) is 4.55. The highest BCUT2D eigenvalue weighted by Gasteiger charge is 2.34. The minimum absolute atomic E-state index is 0.0924. The van der Waals surface area contributed by atoms with E-state index in [9.17, 15) is 22.8 Å². The number of amides is 1. The van der Waals surface area contributed by atoms with Gasteiger partial charge in [0.05, 0.1) is 12.7 Å². The number of halogens is 3. The summed E-state index contributed by atoms with van der Waals surface area (Å²) < 4.78 is 44.4. The topological polar surface area (TPSA) is 55.4 Å². The molecule has 0 fully saturated rings. The molecule has 0 unspecified atom stereocenters. The Balaban J connectivity index is 2.24. The zero-order chi connectivity index (χ0) is 21.8. The summed E-state index contributed by atoms with van der Waals surface area (Å²) >= 11 is 0. The first kappa shape index (κ1) is 22.5. The van der Waals surface area contributed by atoms with Crippen LogP contribution in [0.3, 0.4) is 0 Å². The van der Waals surface area contributed by atoms with Crippen LogP contribution in [-0.2, 0) is 27.5 Å². The molecule has 2 aromatic rings. The van der Waals surface area contributed by atoms with Gasteiger partial charge in [-0.05, 0) is 34.7 Å². The minimum atomic E-state index is -4.57. The van der Waals surface area contributed by atoms with Crippen LogP contribution in [0, 0.1) is 0 Å². The number of methoxy groups -OCH3 is 1. The van der Waals surface area contributed by atoms with Crippen LogP contribution in [0.15, 0.2) is 48.5 Å². The first-order valence-electron chi connectivity index (χ1n) is 9.08. The van der Waals surface area contributed by atoms with E-state index in [1.807, 2.05) is 20.8 Å². The summed E-state index contributed by atoms with van der Waals surface area (Å²) in [5.41, 5.74) is 0.287. The fourth-order valence-corrected chi connectivity index (χ4v) is 2.89. The molecular formula is C22H24F3NO3. The Hall–Kier alpha value is -2.83. The van der Waals surface area contributed by atoms with Gasteiger partial charge in [-0.25, -0.2) is 4.79 Å². The van der Waals surface area contributed by atoms with Crippen molar-refractivity contribution < 1.29 is 27.5 Å². The zero-order valence-electron chi connectivity index (χ0n) is 16.8. The van der Waals surface area contributed by atoms with Gasteiger partial charge in [0.2, 0.25) is 0 Å². The third kappa shape index (κ3) is 5.82. The summed E-state index contributed by atoms with van der Waals surface area (Å²) in [6.07, 6.45) is -4.90. The fourth-order valence-electron chi connectivity index (χ4n) is 2.89. The normalized spacial score (nSPS) is 12.9. The molecule has 29 heavy (non-hydrogen) atoms. The number of esters is 1. The van der Waals surface area contributed by atoms with Crippen LogP contribution in [0.25, 0.3) is 0 Å². The lowest BCUT2D eigenvalue weighted by Crippen LogP contribution is -2.43. The Bertz CT molecular complexity index is 868. The van der Waals surface area contributed by atoms with Gasteiger partial charge in [-0.1, -0.05) is 51.1 Å². The van der Waals surface area contributed by atoms with Crippen molar-refractivity contribution >= 4 is 11.9 Å². The van der Waals surface area contributed by atoms with Gasteiger partial charge in [0.15, 0.2) is 0 Å². The molecule has 7 heteroatoms. The first-order chi connectivity index (χ1) is 13.4. The van der Waals surface area contributed by atoms with Crippen LogP contribution in [0.1, 0.15) is 47.8 Å². The van der Waals surface area contributed by atoms with Crippen molar-refractivity contribution in [3.8, 4) is 0 Å². The molecule has 1 amide bonds. The molecule has 0 radical (unpaired) electrons.